The number of rotatable bonds is 5. The fourth-order valence-corrected chi connectivity index (χ4v) is 4.79. The van der Waals surface area contributed by atoms with E-state index in [1.165, 1.54) is 19.2 Å². The largest absolute Gasteiger partial charge is 0.481 e. The van der Waals surface area contributed by atoms with Gasteiger partial charge in [-0.3, -0.25) is 4.79 Å². The highest BCUT2D eigenvalue weighted by Gasteiger charge is 2.44. The van der Waals surface area contributed by atoms with E-state index in [0.29, 0.717) is 39.0 Å². The van der Waals surface area contributed by atoms with Crippen LogP contribution in [0, 0.1) is 11.6 Å². The molecule has 1 atom stereocenters. The number of pyridine rings is 1. The van der Waals surface area contributed by atoms with Crippen LogP contribution >= 0.6 is 11.6 Å². The lowest BCUT2D eigenvalue weighted by atomic mass is 9.77. The number of benzene rings is 3. The van der Waals surface area contributed by atoms with E-state index < -0.39 is 17.0 Å². The Morgan fingerprint density at radius 1 is 0.971 bits per heavy atom. The molecule has 1 aliphatic rings. The first-order valence-electron chi connectivity index (χ1n) is 11.0. The van der Waals surface area contributed by atoms with Gasteiger partial charge in [-0.1, -0.05) is 29.8 Å². The van der Waals surface area contributed by atoms with Gasteiger partial charge in [0.15, 0.2) is 0 Å². The van der Waals surface area contributed by atoms with Crippen molar-refractivity contribution in [3.8, 4) is 28.3 Å². The van der Waals surface area contributed by atoms with Gasteiger partial charge in [0.1, 0.15) is 11.6 Å². The summed E-state index contributed by atoms with van der Waals surface area (Å²) in [6.45, 7) is 1.78. The summed E-state index contributed by atoms with van der Waals surface area (Å²) in [4.78, 5) is 17.9. The molecule has 0 radical (unpaired) electrons. The van der Waals surface area contributed by atoms with Crippen LogP contribution in [-0.4, -0.2) is 18.0 Å². The highest BCUT2D eigenvalue weighted by Crippen LogP contribution is 2.47. The molecule has 4 nitrogen and oxygen atoms in total. The minimum absolute atomic E-state index is 0.116. The zero-order chi connectivity index (χ0) is 24.7. The highest BCUT2D eigenvalue weighted by molar-refractivity contribution is 6.30. The van der Waals surface area contributed by atoms with Gasteiger partial charge < -0.3 is 10.1 Å². The predicted octanol–water partition coefficient (Wildman–Crippen LogP) is 6.81. The Morgan fingerprint density at radius 2 is 1.71 bits per heavy atom. The van der Waals surface area contributed by atoms with Crippen molar-refractivity contribution in [1.82, 2.24) is 4.98 Å². The lowest BCUT2D eigenvalue weighted by molar-refractivity contribution is -0.120. The van der Waals surface area contributed by atoms with Crippen LogP contribution < -0.4 is 10.1 Å². The molecule has 35 heavy (non-hydrogen) atoms. The number of nitrogens with one attached hydrogen (secondary N) is 1. The standard InChI is InChI=1S/C28H21ClF2N2O2/c1-28(15-16-9-20(30)14-21(31)10-16)23-13-18(17-5-3-6-19(29)11-17)12-22(26(23)33-27(28)34)24-7-4-8-25(32-24)35-2/h3-14H,15H2,1-2H3,(H,33,34). The van der Waals surface area contributed by atoms with Crippen LogP contribution in [-0.2, 0) is 16.6 Å². The molecule has 5 rings (SSSR count). The van der Waals surface area contributed by atoms with Gasteiger partial charge in [-0.2, -0.15) is 0 Å². The lowest BCUT2D eigenvalue weighted by Crippen LogP contribution is -2.33. The molecule has 4 aromatic rings. The molecule has 0 saturated heterocycles. The third-order valence-electron chi connectivity index (χ3n) is 6.32. The normalized spacial score (nSPS) is 16.7. The number of fused-ring (bicyclic) bond motifs is 1. The van der Waals surface area contributed by atoms with Crippen LogP contribution in [0.25, 0.3) is 22.4 Å². The van der Waals surface area contributed by atoms with Crippen molar-refractivity contribution in [1.29, 1.82) is 0 Å². The van der Waals surface area contributed by atoms with Gasteiger partial charge in [0.2, 0.25) is 11.8 Å². The molecule has 1 aliphatic heterocycles. The van der Waals surface area contributed by atoms with Crippen molar-refractivity contribution >= 4 is 23.2 Å². The van der Waals surface area contributed by atoms with E-state index >= 15 is 0 Å². The van der Waals surface area contributed by atoms with Gasteiger partial charge >= 0.3 is 0 Å². The molecule has 176 valence electrons. The molecule has 0 spiro atoms. The fourth-order valence-electron chi connectivity index (χ4n) is 4.60. The predicted molar refractivity (Wildman–Crippen MR) is 133 cm³/mol. The van der Waals surface area contributed by atoms with E-state index in [0.717, 1.165) is 17.2 Å². The van der Waals surface area contributed by atoms with Crippen molar-refractivity contribution < 1.29 is 18.3 Å². The highest BCUT2D eigenvalue weighted by atomic mass is 35.5. The van der Waals surface area contributed by atoms with E-state index in [4.69, 9.17) is 16.3 Å². The summed E-state index contributed by atoms with van der Waals surface area (Å²) < 4.78 is 33.2. The number of aromatic nitrogens is 1. The van der Waals surface area contributed by atoms with Gasteiger partial charge in [-0.25, -0.2) is 13.8 Å². The molecule has 1 unspecified atom stereocenters. The van der Waals surface area contributed by atoms with Gasteiger partial charge in [0.05, 0.1) is 23.9 Å². The molecule has 0 saturated carbocycles. The number of carbonyl (C=O) groups is 1. The van der Waals surface area contributed by atoms with Crippen LogP contribution in [0.3, 0.4) is 0 Å². The van der Waals surface area contributed by atoms with Gasteiger partial charge in [-0.05, 0) is 78.1 Å². The Kier molecular flexibility index (Phi) is 5.77. The molecule has 0 bridgehead atoms. The van der Waals surface area contributed by atoms with Crippen molar-refractivity contribution in [3.63, 3.8) is 0 Å². The van der Waals surface area contributed by atoms with E-state index in [1.807, 2.05) is 42.5 Å². The Morgan fingerprint density at radius 3 is 2.43 bits per heavy atom. The zero-order valence-electron chi connectivity index (χ0n) is 19.0. The Bertz CT molecular complexity index is 1450. The number of hydrogen-bond donors (Lipinski definition) is 1. The third kappa shape index (κ3) is 4.26. The first-order valence-corrected chi connectivity index (χ1v) is 11.4. The number of halogens is 3. The zero-order valence-corrected chi connectivity index (χ0v) is 19.8. The minimum atomic E-state index is -1.07. The number of carbonyl (C=O) groups excluding carboxylic acids is 1. The van der Waals surface area contributed by atoms with E-state index in [-0.39, 0.29) is 12.3 Å². The molecule has 7 heteroatoms. The number of amides is 1. The summed E-state index contributed by atoms with van der Waals surface area (Å²) in [5.41, 5.74) is 3.66. The topological polar surface area (TPSA) is 51.2 Å². The summed E-state index contributed by atoms with van der Waals surface area (Å²) in [7, 11) is 1.54. The number of ether oxygens (including phenoxy) is 1. The average Bonchev–Trinajstić information content (AvgIpc) is 3.07. The van der Waals surface area contributed by atoms with E-state index in [2.05, 4.69) is 10.3 Å². The van der Waals surface area contributed by atoms with Crippen molar-refractivity contribution in [2.75, 3.05) is 12.4 Å². The molecule has 1 aromatic heterocycles. The maximum absolute atomic E-state index is 13.9. The van der Waals surface area contributed by atoms with Gasteiger partial charge in [0.25, 0.3) is 0 Å². The van der Waals surface area contributed by atoms with Crippen LogP contribution in [0.15, 0.2) is 72.8 Å². The fraction of sp³-hybridized carbons (Fsp3) is 0.143. The van der Waals surface area contributed by atoms with E-state index in [9.17, 15) is 13.6 Å². The summed E-state index contributed by atoms with van der Waals surface area (Å²) in [5, 5.41) is 3.58. The minimum Gasteiger partial charge on any atom is -0.481 e. The van der Waals surface area contributed by atoms with Crippen molar-refractivity contribution in [2.45, 2.75) is 18.8 Å². The second-order valence-corrected chi connectivity index (χ2v) is 9.20. The molecule has 1 amide bonds. The third-order valence-corrected chi connectivity index (χ3v) is 6.55. The first-order chi connectivity index (χ1) is 16.8. The van der Waals surface area contributed by atoms with Crippen molar-refractivity contribution in [2.24, 2.45) is 0 Å². The number of methoxy groups -OCH3 is 1. The number of nitrogens with zero attached hydrogens (tertiary/aromatic N) is 1. The quantitative estimate of drug-likeness (QED) is 0.334. The summed E-state index contributed by atoms with van der Waals surface area (Å²) in [6, 6.07) is 20.0. The van der Waals surface area contributed by atoms with Gasteiger partial charge in [0, 0.05) is 22.7 Å². The number of hydrogen-bond acceptors (Lipinski definition) is 3. The summed E-state index contributed by atoms with van der Waals surface area (Å²) in [5.74, 6) is -1.19. The Hall–Kier alpha value is -3.77. The first kappa shape index (κ1) is 23.0. The van der Waals surface area contributed by atoms with E-state index in [1.54, 1.807) is 19.1 Å². The van der Waals surface area contributed by atoms with Crippen LogP contribution in [0.1, 0.15) is 18.1 Å². The Labute approximate surface area is 206 Å². The smallest absolute Gasteiger partial charge is 0.235 e. The van der Waals surface area contributed by atoms with Crippen LogP contribution in [0.5, 0.6) is 5.88 Å². The van der Waals surface area contributed by atoms with Gasteiger partial charge in [-0.15, -0.1) is 0 Å². The molecule has 3 aromatic carbocycles. The molecular weight excluding hydrogens is 470 g/mol. The average molecular weight is 491 g/mol. The molecular formula is C28H21ClF2N2O2. The monoisotopic (exact) mass is 490 g/mol. The molecule has 1 N–H and O–H groups in total. The number of anilines is 1. The molecule has 0 aliphatic carbocycles. The van der Waals surface area contributed by atoms with Crippen molar-refractivity contribution in [3.05, 3.63) is 101 Å². The molecule has 2 heterocycles. The summed E-state index contributed by atoms with van der Waals surface area (Å²) >= 11 is 6.26. The SMILES string of the molecule is COc1cccc(-c2cc(-c3cccc(Cl)c3)cc3c2NC(=O)C3(C)Cc2cc(F)cc(F)c2)n1. The van der Waals surface area contributed by atoms with Crippen LogP contribution in [0.4, 0.5) is 14.5 Å². The second-order valence-electron chi connectivity index (χ2n) is 8.76. The van der Waals surface area contributed by atoms with Crippen LogP contribution in [0.2, 0.25) is 5.02 Å². The Balaban J connectivity index is 1.73. The maximum atomic E-state index is 13.9. The summed E-state index contributed by atoms with van der Waals surface area (Å²) in [6.07, 6.45) is 0.116. The maximum Gasteiger partial charge on any atom is 0.235 e. The lowest BCUT2D eigenvalue weighted by Gasteiger charge is -2.23. The second kappa shape index (κ2) is 8.78. The molecule has 0 fully saturated rings.